The van der Waals surface area contributed by atoms with E-state index in [0.717, 1.165) is 34.3 Å². The molecule has 0 aliphatic carbocycles. The van der Waals surface area contributed by atoms with Crippen LogP contribution >= 0.6 is 23.4 Å². The molecular weight excluding hydrogens is 442 g/mol. The molecule has 0 spiro atoms. The lowest BCUT2D eigenvalue weighted by molar-refractivity contribution is -0.121. The molecule has 0 radical (unpaired) electrons. The average Bonchev–Trinajstić information content (AvgIpc) is 2.64. The first-order valence-corrected chi connectivity index (χ1v) is 12.0. The summed E-state index contributed by atoms with van der Waals surface area (Å²) in [7, 11) is -3.90. The molecule has 0 aliphatic rings. The van der Waals surface area contributed by atoms with Crippen LogP contribution in [0, 0.1) is 11.6 Å². The first-order valence-electron chi connectivity index (χ1n) is 8.64. The smallest absolute Gasteiger partial charge is 0.243 e. The van der Waals surface area contributed by atoms with Crippen LogP contribution in [0.1, 0.15) is 12.5 Å². The Morgan fingerprint density at radius 3 is 2.52 bits per heavy atom. The minimum absolute atomic E-state index is 0.123. The summed E-state index contributed by atoms with van der Waals surface area (Å²) >= 11 is 7.66. The van der Waals surface area contributed by atoms with Gasteiger partial charge in [0.2, 0.25) is 15.9 Å². The Hall–Kier alpha value is -1.84. The third kappa shape index (κ3) is 6.58. The standard InChI is InChI=1S/C19H21ClF2N2O3S2/c1-13(24(29(2,26)27)15-7-8-17(21)18(22)11-15)19(25)23-9-10-28-12-14-5-3-4-6-16(14)20/h3-8,11,13H,9-10,12H2,1-2H3,(H,23,25). The number of halogens is 3. The number of sulfonamides is 1. The molecule has 0 heterocycles. The van der Waals surface area contributed by atoms with Crippen LogP contribution < -0.4 is 9.62 Å². The van der Waals surface area contributed by atoms with E-state index in [0.29, 0.717) is 23.1 Å². The van der Waals surface area contributed by atoms with Crippen molar-refractivity contribution < 1.29 is 22.0 Å². The number of anilines is 1. The van der Waals surface area contributed by atoms with Gasteiger partial charge in [0.1, 0.15) is 6.04 Å². The molecule has 0 fully saturated rings. The number of rotatable bonds is 9. The van der Waals surface area contributed by atoms with Gasteiger partial charge in [-0.3, -0.25) is 9.10 Å². The summed E-state index contributed by atoms with van der Waals surface area (Å²) in [5, 5.41) is 3.34. The van der Waals surface area contributed by atoms with Gasteiger partial charge in [0.15, 0.2) is 11.6 Å². The van der Waals surface area contributed by atoms with Crippen molar-refractivity contribution in [1.29, 1.82) is 0 Å². The van der Waals surface area contributed by atoms with E-state index in [-0.39, 0.29) is 5.69 Å². The molecule has 1 atom stereocenters. The lowest BCUT2D eigenvalue weighted by Crippen LogP contribution is -2.48. The van der Waals surface area contributed by atoms with Crippen LogP contribution in [0.4, 0.5) is 14.5 Å². The van der Waals surface area contributed by atoms with E-state index in [1.807, 2.05) is 18.2 Å². The molecular formula is C19H21ClF2N2O3S2. The van der Waals surface area contributed by atoms with E-state index in [1.54, 1.807) is 17.8 Å². The molecule has 1 N–H and O–H groups in total. The highest BCUT2D eigenvalue weighted by atomic mass is 35.5. The van der Waals surface area contributed by atoms with Gasteiger partial charge in [0, 0.05) is 29.1 Å². The molecule has 1 amide bonds. The second kappa shape index (κ2) is 10.3. The molecule has 0 saturated heterocycles. The monoisotopic (exact) mass is 462 g/mol. The fraction of sp³-hybridized carbons (Fsp3) is 0.316. The van der Waals surface area contributed by atoms with Crippen LogP contribution in [0.5, 0.6) is 0 Å². The molecule has 0 bridgehead atoms. The number of nitrogens with zero attached hydrogens (tertiary/aromatic N) is 1. The molecule has 10 heteroatoms. The van der Waals surface area contributed by atoms with E-state index >= 15 is 0 Å². The van der Waals surface area contributed by atoms with Crippen molar-refractivity contribution in [2.75, 3.05) is 22.9 Å². The lowest BCUT2D eigenvalue weighted by atomic mass is 10.2. The first kappa shape index (κ1) is 23.4. The maximum Gasteiger partial charge on any atom is 0.243 e. The van der Waals surface area contributed by atoms with E-state index in [1.165, 1.54) is 6.92 Å². The lowest BCUT2D eigenvalue weighted by Gasteiger charge is -2.28. The van der Waals surface area contributed by atoms with Gasteiger partial charge < -0.3 is 5.32 Å². The second-order valence-corrected chi connectivity index (χ2v) is 9.64. The molecule has 0 saturated carbocycles. The van der Waals surface area contributed by atoms with Crippen molar-refractivity contribution in [2.45, 2.75) is 18.7 Å². The van der Waals surface area contributed by atoms with Gasteiger partial charge in [0.05, 0.1) is 11.9 Å². The van der Waals surface area contributed by atoms with Crippen LogP contribution in [-0.4, -0.2) is 38.9 Å². The number of thioether (sulfide) groups is 1. The molecule has 158 valence electrons. The van der Waals surface area contributed by atoms with Crippen LogP contribution in [0.15, 0.2) is 42.5 Å². The number of amides is 1. The van der Waals surface area contributed by atoms with Gasteiger partial charge >= 0.3 is 0 Å². The number of carbonyl (C=O) groups is 1. The maximum absolute atomic E-state index is 13.5. The van der Waals surface area contributed by atoms with Crippen molar-refractivity contribution in [3.05, 3.63) is 64.7 Å². The fourth-order valence-corrected chi connectivity index (χ4v) is 4.93. The van der Waals surface area contributed by atoms with Crippen molar-refractivity contribution in [1.82, 2.24) is 5.32 Å². The Balaban J connectivity index is 1.95. The molecule has 2 aromatic carbocycles. The van der Waals surface area contributed by atoms with E-state index in [4.69, 9.17) is 11.6 Å². The summed E-state index contributed by atoms with van der Waals surface area (Å²) in [6.45, 7) is 1.70. The second-order valence-electron chi connectivity index (χ2n) is 6.27. The summed E-state index contributed by atoms with van der Waals surface area (Å²) < 4.78 is 51.8. The number of hydrogen-bond acceptors (Lipinski definition) is 4. The molecule has 1 unspecified atom stereocenters. The van der Waals surface area contributed by atoms with Crippen molar-refractivity contribution >= 4 is 45.0 Å². The Bertz CT molecular complexity index is 974. The first-order chi connectivity index (χ1) is 13.6. The number of carbonyl (C=O) groups excluding carboxylic acids is 1. The largest absolute Gasteiger partial charge is 0.353 e. The number of benzene rings is 2. The van der Waals surface area contributed by atoms with Crippen LogP contribution in [0.2, 0.25) is 5.02 Å². The maximum atomic E-state index is 13.5. The summed E-state index contributed by atoms with van der Waals surface area (Å²) in [6, 6.07) is 9.01. The third-order valence-electron chi connectivity index (χ3n) is 4.01. The van der Waals surface area contributed by atoms with Crippen molar-refractivity contribution in [3.63, 3.8) is 0 Å². The van der Waals surface area contributed by atoms with Crippen LogP contribution in [0.25, 0.3) is 0 Å². The highest BCUT2D eigenvalue weighted by Crippen LogP contribution is 2.23. The predicted molar refractivity (Wildman–Crippen MR) is 114 cm³/mol. The van der Waals surface area contributed by atoms with Gasteiger partial charge in [-0.15, -0.1) is 0 Å². The fourth-order valence-electron chi connectivity index (χ4n) is 2.62. The van der Waals surface area contributed by atoms with E-state index in [2.05, 4.69) is 5.32 Å². The van der Waals surface area contributed by atoms with Crippen LogP contribution in [0.3, 0.4) is 0 Å². The van der Waals surface area contributed by atoms with Gasteiger partial charge in [-0.05, 0) is 30.7 Å². The Kier molecular flexibility index (Phi) is 8.30. The topological polar surface area (TPSA) is 66.5 Å². The summed E-state index contributed by atoms with van der Waals surface area (Å²) in [4.78, 5) is 12.4. The number of nitrogens with one attached hydrogen (secondary N) is 1. The van der Waals surface area contributed by atoms with E-state index < -0.39 is 33.6 Å². The minimum Gasteiger partial charge on any atom is -0.353 e. The zero-order valence-corrected chi connectivity index (χ0v) is 18.3. The minimum atomic E-state index is -3.90. The Morgan fingerprint density at radius 1 is 1.21 bits per heavy atom. The summed E-state index contributed by atoms with van der Waals surface area (Å²) in [5.41, 5.74) is 0.864. The third-order valence-corrected chi connectivity index (χ3v) is 6.63. The summed E-state index contributed by atoms with van der Waals surface area (Å²) in [6.07, 6.45) is 0.900. The van der Waals surface area contributed by atoms with Crippen LogP contribution in [-0.2, 0) is 20.6 Å². The number of hydrogen-bond donors (Lipinski definition) is 1. The Labute approximate surface area is 178 Å². The van der Waals surface area contributed by atoms with Crippen molar-refractivity contribution in [3.8, 4) is 0 Å². The molecule has 2 aromatic rings. The van der Waals surface area contributed by atoms with Gasteiger partial charge in [0.25, 0.3) is 0 Å². The molecule has 29 heavy (non-hydrogen) atoms. The molecule has 2 rings (SSSR count). The quantitative estimate of drug-likeness (QED) is 0.575. The predicted octanol–water partition coefficient (Wildman–Crippen LogP) is 3.82. The van der Waals surface area contributed by atoms with E-state index in [9.17, 15) is 22.0 Å². The molecule has 0 aromatic heterocycles. The Morgan fingerprint density at radius 2 is 1.90 bits per heavy atom. The zero-order valence-electron chi connectivity index (χ0n) is 15.9. The van der Waals surface area contributed by atoms with Gasteiger partial charge in [-0.2, -0.15) is 11.8 Å². The SMILES string of the molecule is CC(C(=O)NCCSCc1ccccc1Cl)N(c1ccc(F)c(F)c1)S(C)(=O)=O. The molecule has 0 aliphatic heterocycles. The highest BCUT2D eigenvalue weighted by molar-refractivity contribution is 7.98. The highest BCUT2D eigenvalue weighted by Gasteiger charge is 2.29. The molecule has 5 nitrogen and oxygen atoms in total. The normalized spacial score (nSPS) is 12.4. The van der Waals surface area contributed by atoms with Gasteiger partial charge in [-0.25, -0.2) is 17.2 Å². The average molecular weight is 463 g/mol. The van der Waals surface area contributed by atoms with Gasteiger partial charge in [-0.1, -0.05) is 29.8 Å². The van der Waals surface area contributed by atoms with Crippen molar-refractivity contribution in [2.24, 2.45) is 0 Å². The summed E-state index contributed by atoms with van der Waals surface area (Å²) in [5.74, 6) is -1.57. The zero-order chi connectivity index (χ0) is 21.6.